The van der Waals surface area contributed by atoms with Crippen molar-refractivity contribution >= 4 is 34.9 Å². The van der Waals surface area contributed by atoms with Crippen molar-refractivity contribution < 1.29 is 26.3 Å². The first-order valence-electron chi connectivity index (χ1n) is 9.43. The smallest absolute Gasteiger partial charge is 0.355 e. The van der Waals surface area contributed by atoms with Crippen molar-refractivity contribution in [2.45, 2.75) is 6.54 Å². The van der Waals surface area contributed by atoms with Crippen molar-refractivity contribution in [3.05, 3.63) is 94.6 Å². The number of anilines is 1. The van der Waals surface area contributed by atoms with Crippen molar-refractivity contribution in [3.63, 3.8) is 0 Å². The second-order valence-electron chi connectivity index (χ2n) is 7.05. The third-order valence-electron chi connectivity index (χ3n) is 5.12. The molecule has 3 aromatic carbocycles. The Morgan fingerprint density at radius 2 is 1.52 bits per heavy atom. The van der Waals surface area contributed by atoms with Crippen LogP contribution in [0.5, 0.6) is 0 Å². The molecule has 1 aromatic heterocycles. The number of Topliss-reactive ketones (excluding diaryl/α,β-unsaturated/α-hetero) is 1. The SMILES string of the molecule is Cn1c(-c2ccc(Cl)c(Cl)c2)c[n+](CC(=O)c2ccc(-c3ccccc3)cc2)c1N.[Br-]. The number of nitrogens with zero attached hydrogens (tertiary/aromatic N) is 2. The molecule has 0 aliphatic carbocycles. The van der Waals surface area contributed by atoms with E-state index in [2.05, 4.69) is 0 Å². The maximum absolute atomic E-state index is 12.8. The van der Waals surface area contributed by atoms with Crippen LogP contribution in [0.4, 0.5) is 5.95 Å². The number of nitrogen functional groups attached to an aromatic ring is 1. The lowest BCUT2D eigenvalue weighted by Crippen LogP contribution is -3.00. The molecule has 0 unspecified atom stereocenters. The van der Waals surface area contributed by atoms with Crippen molar-refractivity contribution in [1.29, 1.82) is 0 Å². The van der Waals surface area contributed by atoms with Gasteiger partial charge in [-0.3, -0.25) is 10.5 Å². The van der Waals surface area contributed by atoms with Gasteiger partial charge in [-0.25, -0.2) is 9.13 Å². The number of nitrogens with two attached hydrogens (primary N) is 1. The van der Waals surface area contributed by atoms with Crippen LogP contribution in [0.1, 0.15) is 10.4 Å². The quantitative estimate of drug-likeness (QED) is 0.327. The number of aromatic nitrogens is 2. The van der Waals surface area contributed by atoms with E-state index < -0.39 is 0 Å². The fourth-order valence-corrected chi connectivity index (χ4v) is 3.69. The highest BCUT2D eigenvalue weighted by Crippen LogP contribution is 2.28. The average molecular weight is 517 g/mol. The number of imidazole rings is 1. The molecule has 7 heteroatoms. The summed E-state index contributed by atoms with van der Waals surface area (Å²) < 4.78 is 3.57. The average Bonchev–Trinajstić information content (AvgIpc) is 3.05. The minimum absolute atomic E-state index is 0. The molecule has 0 bridgehead atoms. The zero-order valence-electron chi connectivity index (χ0n) is 16.7. The summed E-state index contributed by atoms with van der Waals surface area (Å²) in [5, 5.41) is 0.958. The summed E-state index contributed by atoms with van der Waals surface area (Å²) in [5.41, 5.74) is 10.8. The van der Waals surface area contributed by atoms with Crippen LogP contribution < -0.4 is 27.3 Å². The molecule has 0 saturated carbocycles. The van der Waals surface area contributed by atoms with Gasteiger partial charge in [0.25, 0.3) is 0 Å². The standard InChI is InChI=1S/C24H19Cl2N3O.BrH/c1-28-22(19-11-12-20(25)21(26)13-19)14-29(24(28)27)15-23(30)18-9-7-17(8-10-18)16-5-3-2-4-6-16;/h2-14,27H,15H2,1H3;1H. The lowest BCUT2D eigenvalue weighted by Gasteiger charge is -2.04. The molecule has 158 valence electrons. The molecule has 0 radical (unpaired) electrons. The molecule has 0 spiro atoms. The lowest BCUT2D eigenvalue weighted by molar-refractivity contribution is -0.667. The highest BCUT2D eigenvalue weighted by Gasteiger charge is 2.21. The first-order valence-corrected chi connectivity index (χ1v) is 10.2. The second-order valence-corrected chi connectivity index (χ2v) is 7.87. The van der Waals surface area contributed by atoms with Gasteiger partial charge in [-0.2, -0.15) is 0 Å². The van der Waals surface area contributed by atoms with Crippen molar-refractivity contribution in [1.82, 2.24) is 4.57 Å². The molecule has 4 rings (SSSR count). The number of ketones is 1. The molecule has 0 fully saturated rings. The van der Waals surface area contributed by atoms with E-state index in [0.29, 0.717) is 21.6 Å². The molecule has 2 N–H and O–H groups in total. The second kappa shape index (κ2) is 9.69. The van der Waals surface area contributed by atoms with Gasteiger partial charge in [0.2, 0.25) is 0 Å². The number of hydrogen-bond donors (Lipinski definition) is 1. The van der Waals surface area contributed by atoms with Crippen LogP contribution >= 0.6 is 23.2 Å². The van der Waals surface area contributed by atoms with Crippen LogP contribution in [0, 0.1) is 0 Å². The van der Waals surface area contributed by atoms with Gasteiger partial charge in [-0.05, 0) is 29.3 Å². The summed E-state index contributed by atoms with van der Waals surface area (Å²) in [5.74, 6) is 0.461. The monoisotopic (exact) mass is 515 g/mol. The first-order chi connectivity index (χ1) is 14.4. The van der Waals surface area contributed by atoms with Gasteiger partial charge in [0.05, 0.1) is 17.1 Å². The Kier molecular flexibility index (Phi) is 7.21. The summed E-state index contributed by atoms with van der Waals surface area (Å²) in [6, 6.07) is 23.1. The van der Waals surface area contributed by atoms with E-state index >= 15 is 0 Å². The maximum atomic E-state index is 12.8. The van der Waals surface area contributed by atoms with E-state index in [1.165, 1.54) is 0 Å². The Hall–Kier alpha value is -2.60. The van der Waals surface area contributed by atoms with Crippen LogP contribution in [0.15, 0.2) is 79.0 Å². The predicted octanol–water partition coefficient (Wildman–Crippen LogP) is 2.42. The lowest BCUT2D eigenvalue weighted by atomic mass is 10.0. The summed E-state index contributed by atoms with van der Waals surface area (Å²) >= 11 is 12.2. The van der Waals surface area contributed by atoms with Crippen LogP contribution in [-0.2, 0) is 13.6 Å². The highest BCUT2D eigenvalue weighted by atomic mass is 79.9. The van der Waals surface area contributed by atoms with E-state index in [1.54, 1.807) is 16.7 Å². The molecular weight excluding hydrogens is 497 g/mol. The van der Waals surface area contributed by atoms with Crippen LogP contribution in [0.25, 0.3) is 22.4 Å². The van der Waals surface area contributed by atoms with Crippen LogP contribution in [-0.4, -0.2) is 10.4 Å². The number of rotatable bonds is 5. The van der Waals surface area contributed by atoms with E-state index in [1.807, 2.05) is 78.5 Å². The molecule has 0 aliphatic heterocycles. The third-order valence-corrected chi connectivity index (χ3v) is 5.86. The zero-order valence-corrected chi connectivity index (χ0v) is 19.8. The van der Waals surface area contributed by atoms with Crippen molar-refractivity contribution in [2.24, 2.45) is 7.05 Å². The van der Waals surface area contributed by atoms with Crippen molar-refractivity contribution in [2.75, 3.05) is 5.73 Å². The van der Waals surface area contributed by atoms with E-state index in [4.69, 9.17) is 28.9 Å². The third kappa shape index (κ3) is 4.85. The molecule has 0 atom stereocenters. The fraction of sp³-hybridized carbons (Fsp3) is 0.0833. The summed E-state index contributed by atoms with van der Waals surface area (Å²) in [7, 11) is 1.85. The van der Waals surface area contributed by atoms with Crippen molar-refractivity contribution in [3.8, 4) is 22.4 Å². The summed E-state index contributed by atoms with van der Waals surface area (Å²) in [4.78, 5) is 12.8. The molecule has 1 heterocycles. The number of carbonyl (C=O) groups is 1. The summed E-state index contributed by atoms with van der Waals surface area (Å²) in [6.45, 7) is 0.145. The van der Waals surface area contributed by atoms with Gasteiger partial charge in [0.15, 0.2) is 5.78 Å². The molecule has 0 saturated heterocycles. The Morgan fingerprint density at radius 3 is 2.16 bits per heavy atom. The Balaban J connectivity index is 0.00000272. The van der Waals surface area contributed by atoms with Gasteiger partial charge >= 0.3 is 5.95 Å². The molecule has 4 aromatic rings. The van der Waals surface area contributed by atoms with E-state index in [0.717, 1.165) is 22.4 Å². The molecule has 31 heavy (non-hydrogen) atoms. The van der Waals surface area contributed by atoms with Gasteiger partial charge in [0.1, 0.15) is 18.4 Å². The van der Waals surface area contributed by atoms with Gasteiger partial charge in [0, 0.05) is 11.1 Å². The fourth-order valence-electron chi connectivity index (χ4n) is 3.39. The largest absolute Gasteiger partial charge is 1.00 e. The summed E-state index contributed by atoms with van der Waals surface area (Å²) in [6.07, 6.45) is 1.85. The maximum Gasteiger partial charge on any atom is 0.355 e. The van der Waals surface area contributed by atoms with Gasteiger partial charge in [-0.15, -0.1) is 0 Å². The number of carbonyl (C=O) groups excluding carboxylic acids is 1. The minimum atomic E-state index is -0.0161. The highest BCUT2D eigenvalue weighted by molar-refractivity contribution is 6.42. The Labute approximate surface area is 201 Å². The van der Waals surface area contributed by atoms with E-state index in [-0.39, 0.29) is 29.3 Å². The molecular formula is C24H20BrCl2N3O. The normalized spacial score (nSPS) is 10.5. The number of halogens is 3. The first kappa shape index (κ1) is 23.1. The predicted molar refractivity (Wildman–Crippen MR) is 122 cm³/mol. The molecule has 0 amide bonds. The molecule has 4 nitrogen and oxygen atoms in total. The van der Waals surface area contributed by atoms with Crippen LogP contribution in [0.2, 0.25) is 10.0 Å². The minimum Gasteiger partial charge on any atom is -1.00 e. The van der Waals surface area contributed by atoms with E-state index in [9.17, 15) is 4.79 Å². The Bertz CT molecular complexity index is 1220. The zero-order chi connectivity index (χ0) is 21.3. The topological polar surface area (TPSA) is 51.9 Å². The molecule has 0 aliphatic rings. The van der Waals surface area contributed by atoms with Gasteiger partial charge in [-0.1, -0.05) is 77.8 Å². The number of hydrogen-bond acceptors (Lipinski definition) is 2. The van der Waals surface area contributed by atoms with Crippen LogP contribution in [0.3, 0.4) is 0 Å². The number of benzene rings is 3. The Morgan fingerprint density at radius 1 is 0.903 bits per heavy atom. The van der Waals surface area contributed by atoms with Gasteiger partial charge < -0.3 is 17.0 Å².